The quantitative estimate of drug-likeness (QED) is 0.213. The van der Waals surface area contributed by atoms with E-state index >= 15 is 0 Å². The van der Waals surface area contributed by atoms with E-state index < -0.39 is 6.43 Å². The number of aromatic nitrogens is 4. The molecular weight excluding hydrogens is 552 g/mol. The highest BCUT2D eigenvalue weighted by Gasteiger charge is 2.24. The molecule has 2 N–H and O–H groups in total. The molecule has 2 fully saturated rings. The second kappa shape index (κ2) is 14.2. The van der Waals surface area contributed by atoms with E-state index in [0.29, 0.717) is 80.1 Å². The molecule has 2 aromatic carbocycles. The lowest BCUT2D eigenvalue weighted by atomic mass is 9.86. The van der Waals surface area contributed by atoms with Crippen molar-refractivity contribution in [3.63, 3.8) is 0 Å². The third kappa shape index (κ3) is 7.46. The van der Waals surface area contributed by atoms with Gasteiger partial charge in [-0.05, 0) is 49.3 Å². The van der Waals surface area contributed by atoms with E-state index in [9.17, 15) is 8.78 Å². The summed E-state index contributed by atoms with van der Waals surface area (Å²) in [7, 11) is 0. The second-order valence-electron chi connectivity index (χ2n) is 11.2. The number of para-hydroxylation sites is 2. The third-order valence-electron chi connectivity index (χ3n) is 8.23. The van der Waals surface area contributed by atoms with Crippen LogP contribution in [0.5, 0.6) is 0 Å². The lowest BCUT2D eigenvalue weighted by molar-refractivity contribution is 0.118. The first-order valence-electron chi connectivity index (χ1n) is 15.2. The maximum absolute atomic E-state index is 14.1. The molecule has 1 saturated heterocycles. The Labute approximate surface area is 250 Å². The van der Waals surface area contributed by atoms with E-state index in [4.69, 9.17) is 19.4 Å². The smallest absolute Gasteiger partial charge is 0.296 e. The molecule has 0 amide bonds. The van der Waals surface area contributed by atoms with E-state index in [1.54, 1.807) is 24.3 Å². The second-order valence-corrected chi connectivity index (χ2v) is 11.2. The Morgan fingerprint density at radius 1 is 0.907 bits per heavy atom. The standard InChI is InChI=1S/C32H39F2N7O2/c33-30(34)31-37-26-8-4-5-9-27(26)41(31)29-20-28(40-15-18-42-19-16-40)38-32(39-29)36-21-23-10-12-25(13-11-23)35-14-17-43-22-24-6-2-1-3-7-24/h1-9,20,23,25,30,35H,10-19,21-22H2,(H,36,38,39). The third-order valence-corrected chi connectivity index (χ3v) is 8.23. The van der Waals surface area contributed by atoms with Crippen LogP contribution in [0.1, 0.15) is 43.5 Å². The Hall–Kier alpha value is -3.67. The summed E-state index contributed by atoms with van der Waals surface area (Å²) in [6, 6.07) is 19.6. The number of nitrogens with zero attached hydrogens (tertiary/aromatic N) is 5. The molecule has 0 unspecified atom stereocenters. The van der Waals surface area contributed by atoms with Gasteiger partial charge in [0, 0.05) is 38.3 Å². The number of ether oxygens (including phenoxy) is 2. The molecule has 43 heavy (non-hydrogen) atoms. The molecule has 6 rings (SSSR count). The SMILES string of the molecule is FC(F)c1nc2ccccc2n1-c1cc(N2CCOCC2)nc(NCC2CCC(NCCOCc3ccccc3)CC2)n1. The van der Waals surface area contributed by atoms with Gasteiger partial charge in [0.25, 0.3) is 6.43 Å². The van der Waals surface area contributed by atoms with E-state index in [-0.39, 0.29) is 5.82 Å². The molecule has 3 heterocycles. The summed E-state index contributed by atoms with van der Waals surface area (Å²) in [4.78, 5) is 15.9. The van der Waals surface area contributed by atoms with Crippen LogP contribution in [0.15, 0.2) is 60.7 Å². The van der Waals surface area contributed by atoms with Crippen LogP contribution in [-0.4, -0.2) is 71.6 Å². The van der Waals surface area contributed by atoms with Crippen LogP contribution < -0.4 is 15.5 Å². The van der Waals surface area contributed by atoms with Gasteiger partial charge in [0.1, 0.15) is 11.6 Å². The van der Waals surface area contributed by atoms with Crippen LogP contribution in [0.2, 0.25) is 0 Å². The molecule has 2 aromatic heterocycles. The van der Waals surface area contributed by atoms with Gasteiger partial charge in [-0.15, -0.1) is 0 Å². The van der Waals surface area contributed by atoms with Crippen LogP contribution in [-0.2, 0) is 16.1 Å². The molecule has 1 aliphatic carbocycles. The zero-order valence-corrected chi connectivity index (χ0v) is 24.3. The topological polar surface area (TPSA) is 89.4 Å². The van der Waals surface area contributed by atoms with Gasteiger partial charge in [0.2, 0.25) is 5.95 Å². The average molecular weight is 592 g/mol. The lowest BCUT2D eigenvalue weighted by Gasteiger charge is -2.30. The highest BCUT2D eigenvalue weighted by atomic mass is 19.3. The molecule has 4 aromatic rings. The minimum Gasteiger partial charge on any atom is -0.378 e. The van der Waals surface area contributed by atoms with Gasteiger partial charge in [-0.2, -0.15) is 9.97 Å². The van der Waals surface area contributed by atoms with Gasteiger partial charge in [-0.3, -0.25) is 4.57 Å². The number of nitrogens with one attached hydrogen (secondary N) is 2. The highest BCUT2D eigenvalue weighted by molar-refractivity contribution is 5.78. The number of anilines is 2. The first-order chi connectivity index (χ1) is 21.1. The number of hydrogen-bond donors (Lipinski definition) is 2. The molecule has 0 atom stereocenters. The van der Waals surface area contributed by atoms with Crippen LogP contribution in [0, 0.1) is 5.92 Å². The number of rotatable bonds is 12. The molecule has 0 spiro atoms. The number of hydrogen-bond acceptors (Lipinski definition) is 8. The van der Waals surface area contributed by atoms with Gasteiger partial charge in [-0.1, -0.05) is 42.5 Å². The summed E-state index contributed by atoms with van der Waals surface area (Å²) < 4.78 is 41.1. The van der Waals surface area contributed by atoms with Crippen molar-refractivity contribution < 1.29 is 18.3 Å². The molecule has 1 aliphatic heterocycles. The summed E-state index contributed by atoms with van der Waals surface area (Å²) in [6.07, 6.45) is 1.64. The number of morpholine rings is 1. The Morgan fingerprint density at radius 2 is 1.65 bits per heavy atom. The number of benzene rings is 2. The van der Waals surface area contributed by atoms with Crippen molar-refractivity contribution >= 4 is 22.8 Å². The molecule has 2 aliphatic rings. The summed E-state index contributed by atoms with van der Waals surface area (Å²) in [6.45, 7) is 5.43. The van der Waals surface area contributed by atoms with Gasteiger partial charge in [0.15, 0.2) is 5.82 Å². The molecule has 11 heteroatoms. The van der Waals surface area contributed by atoms with Crippen molar-refractivity contribution in [3.05, 3.63) is 72.1 Å². The van der Waals surface area contributed by atoms with Crippen molar-refractivity contribution in [2.24, 2.45) is 5.92 Å². The first kappa shape index (κ1) is 29.4. The molecule has 9 nitrogen and oxygen atoms in total. The molecule has 228 valence electrons. The maximum atomic E-state index is 14.1. The zero-order valence-electron chi connectivity index (χ0n) is 24.3. The summed E-state index contributed by atoms with van der Waals surface area (Å²) in [5.41, 5.74) is 2.29. The van der Waals surface area contributed by atoms with Crippen LogP contribution in [0.3, 0.4) is 0 Å². The Balaban J connectivity index is 1.08. The van der Waals surface area contributed by atoms with Crippen LogP contribution in [0.25, 0.3) is 16.9 Å². The van der Waals surface area contributed by atoms with Gasteiger partial charge in [0.05, 0.1) is 37.5 Å². The zero-order chi connectivity index (χ0) is 29.4. The molecule has 0 bridgehead atoms. The van der Waals surface area contributed by atoms with Crippen molar-refractivity contribution in [3.8, 4) is 5.82 Å². The van der Waals surface area contributed by atoms with E-state index in [0.717, 1.165) is 38.8 Å². The monoisotopic (exact) mass is 591 g/mol. The van der Waals surface area contributed by atoms with Crippen molar-refractivity contribution in [2.45, 2.75) is 44.8 Å². The molecule has 1 saturated carbocycles. The number of fused-ring (bicyclic) bond motifs is 1. The minimum absolute atomic E-state index is 0.324. The Morgan fingerprint density at radius 3 is 2.44 bits per heavy atom. The average Bonchev–Trinajstić information content (AvgIpc) is 3.45. The Kier molecular flexibility index (Phi) is 9.71. The number of alkyl halides is 2. The largest absolute Gasteiger partial charge is 0.378 e. The lowest BCUT2D eigenvalue weighted by Crippen LogP contribution is -2.37. The Bertz CT molecular complexity index is 1450. The fraction of sp³-hybridized carbons (Fsp3) is 0.469. The van der Waals surface area contributed by atoms with Gasteiger partial charge >= 0.3 is 0 Å². The first-order valence-corrected chi connectivity index (χ1v) is 15.2. The predicted molar refractivity (Wildman–Crippen MR) is 163 cm³/mol. The fourth-order valence-electron chi connectivity index (χ4n) is 5.91. The molecular formula is C32H39F2N7O2. The summed E-state index contributed by atoms with van der Waals surface area (Å²) in [5, 5.41) is 7.08. The maximum Gasteiger partial charge on any atom is 0.296 e. The van der Waals surface area contributed by atoms with Gasteiger partial charge < -0.3 is 25.0 Å². The molecule has 0 radical (unpaired) electrons. The van der Waals surface area contributed by atoms with Crippen molar-refractivity contribution in [1.29, 1.82) is 0 Å². The van der Waals surface area contributed by atoms with Crippen LogP contribution >= 0.6 is 0 Å². The predicted octanol–water partition coefficient (Wildman–Crippen LogP) is 5.37. The number of halogens is 2. The van der Waals surface area contributed by atoms with Crippen LogP contribution in [0.4, 0.5) is 20.5 Å². The number of imidazole rings is 1. The van der Waals surface area contributed by atoms with E-state index in [2.05, 4.69) is 32.7 Å². The van der Waals surface area contributed by atoms with E-state index in [1.807, 2.05) is 24.3 Å². The fourth-order valence-corrected chi connectivity index (χ4v) is 5.91. The minimum atomic E-state index is -2.75. The van der Waals surface area contributed by atoms with E-state index in [1.165, 1.54) is 10.1 Å². The van der Waals surface area contributed by atoms with Gasteiger partial charge in [-0.25, -0.2) is 13.8 Å². The summed E-state index contributed by atoms with van der Waals surface area (Å²) in [5.74, 6) is 1.67. The normalized spacial score (nSPS) is 19.3. The summed E-state index contributed by atoms with van der Waals surface area (Å²) >= 11 is 0. The highest BCUT2D eigenvalue weighted by Crippen LogP contribution is 2.30. The van der Waals surface area contributed by atoms with Crippen molar-refractivity contribution in [1.82, 2.24) is 24.8 Å². The van der Waals surface area contributed by atoms with Crippen molar-refractivity contribution in [2.75, 3.05) is 56.2 Å².